The Morgan fingerprint density at radius 2 is 1.45 bits per heavy atom. The van der Waals surface area contributed by atoms with E-state index < -0.39 is 0 Å². The molecule has 5 aromatic rings. The lowest BCUT2D eigenvalue weighted by atomic mass is 10.1. The van der Waals surface area contributed by atoms with Crippen molar-refractivity contribution >= 4 is 83.8 Å². The summed E-state index contributed by atoms with van der Waals surface area (Å²) >= 11 is 8.88. The number of fused-ring (bicyclic) bond motifs is 2. The summed E-state index contributed by atoms with van der Waals surface area (Å²) in [5.41, 5.74) is 8.34. The first kappa shape index (κ1) is 31.0. The third-order valence-corrected chi connectivity index (χ3v) is 7.29. The Morgan fingerprint density at radius 3 is 1.90 bits per heavy atom. The van der Waals surface area contributed by atoms with Crippen molar-refractivity contribution < 1.29 is 14.4 Å². The maximum atomic E-state index is 12.4. The van der Waals surface area contributed by atoms with Gasteiger partial charge in [-0.25, -0.2) is 4.98 Å². The van der Waals surface area contributed by atoms with Gasteiger partial charge in [0.25, 0.3) is 0 Å². The monoisotopic (exact) mass is 639 g/mol. The van der Waals surface area contributed by atoms with Gasteiger partial charge in [0.1, 0.15) is 16.6 Å². The van der Waals surface area contributed by atoms with Gasteiger partial charge in [-0.05, 0) is 23.7 Å². The minimum Gasteiger partial charge on any atom is -0.387 e. The maximum absolute atomic E-state index is 12.4. The number of aromatic amines is 2. The lowest BCUT2D eigenvalue weighted by Gasteiger charge is -1.96. The number of Topliss-reactive ketones (excluding diaryl/α,β-unsaturated/α-hetero) is 2. The van der Waals surface area contributed by atoms with Crippen molar-refractivity contribution in [2.45, 2.75) is 33.6 Å². The number of hydrogen-bond donors (Lipinski definition) is 3. The molecular weight excluding hydrogens is 610 g/mol. The molecular formula is C29H30BrN5O3S2. The van der Waals surface area contributed by atoms with E-state index in [2.05, 4.69) is 47.5 Å². The SMILES string of the molecule is CC(C)C(=O)CBr.CC(C)c1nsc(C(=O)c2c[nH]c3ccccc23)n1.NC(=S)C(=O)c1c[nH]c2ccccc12. The first-order valence-corrected chi connectivity index (χ1v) is 14.8. The van der Waals surface area contributed by atoms with E-state index in [1.54, 1.807) is 12.4 Å². The molecule has 5 rings (SSSR count). The summed E-state index contributed by atoms with van der Waals surface area (Å²) in [6.45, 7) is 7.82. The standard InChI is InChI=1S/C14H13N3OS.C10H8N2OS.C5H9BrO/c1-8(2)13-16-14(19-17-13)12(18)10-7-15-11-6-4-3-5-9(10)11;11-10(14)9(13)7-5-12-8-4-2-1-3-6(7)8;1-4(2)5(7)3-6/h3-8,15H,1-2H3;1-5,12H,(H2,11,14);4H,3H2,1-2H3. The molecule has 208 valence electrons. The lowest BCUT2D eigenvalue weighted by molar-refractivity contribution is -0.119. The molecule has 2 aromatic carbocycles. The number of H-pyrrole nitrogens is 2. The molecule has 0 aliphatic rings. The van der Waals surface area contributed by atoms with Crippen molar-refractivity contribution in [3.63, 3.8) is 0 Å². The molecule has 0 bridgehead atoms. The third kappa shape index (κ3) is 7.56. The molecule has 11 heteroatoms. The second-order valence-corrected chi connectivity index (χ2v) is 11.1. The summed E-state index contributed by atoms with van der Waals surface area (Å²) in [4.78, 5) is 44.7. The molecule has 0 fully saturated rings. The Hall–Kier alpha value is -3.54. The molecule has 0 unspecified atom stereocenters. The van der Waals surface area contributed by atoms with E-state index in [1.807, 2.05) is 76.2 Å². The number of alkyl halides is 1. The highest BCUT2D eigenvalue weighted by Crippen LogP contribution is 2.23. The van der Waals surface area contributed by atoms with Crippen molar-refractivity contribution in [2.24, 2.45) is 11.7 Å². The normalized spacial score (nSPS) is 10.7. The number of nitrogens with two attached hydrogens (primary N) is 1. The summed E-state index contributed by atoms with van der Waals surface area (Å²) in [7, 11) is 0. The third-order valence-electron chi connectivity index (χ3n) is 5.82. The molecule has 0 radical (unpaired) electrons. The van der Waals surface area contributed by atoms with Gasteiger partial charge in [-0.15, -0.1) is 0 Å². The quantitative estimate of drug-likeness (QED) is 0.103. The Morgan fingerprint density at radius 1 is 0.925 bits per heavy atom. The maximum Gasteiger partial charge on any atom is 0.225 e. The van der Waals surface area contributed by atoms with Crippen LogP contribution in [0.3, 0.4) is 0 Å². The van der Waals surface area contributed by atoms with Crippen LogP contribution in [-0.2, 0) is 4.79 Å². The van der Waals surface area contributed by atoms with Gasteiger partial charge in [-0.2, -0.15) is 4.37 Å². The fourth-order valence-corrected chi connectivity index (χ4v) is 5.00. The summed E-state index contributed by atoms with van der Waals surface area (Å²) < 4.78 is 4.23. The van der Waals surface area contributed by atoms with Crippen molar-refractivity contribution in [2.75, 3.05) is 5.33 Å². The number of carbonyl (C=O) groups is 3. The number of thiocarbonyl (C=S) groups is 1. The molecule has 4 N–H and O–H groups in total. The largest absolute Gasteiger partial charge is 0.387 e. The average Bonchev–Trinajstić information content (AvgIpc) is 3.71. The number of ketones is 3. The van der Waals surface area contributed by atoms with Gasteiger partial charge >= 0.3 is 0 Å². The zero-order chi connectivity index (χ0) is 29.4. The first-order chi connectivity index (χ1) is 19.0. The van der Waals surface area contributed by atoms with Crippen LogP contribution in [0.4, 0.5) is 0 Å². The Balaban J connectivity index is 0.000000185. The molecule has 0 spiro atoms. The zero-order valence-corrected chi connectivity index (χ0v) is 25.7. The van der Waals surface area contributed by atoms with Crippen LogP contribution < -0.4 is 5.73 Å². The summed E-state index contributed by atoms with van der Waals surface area (Å²) in [6, 6.07) is 15.3. The second kappa shape index (κ2) is 14.2. The van der Waals surface area contributed by atoms with Crippen LogP contribution in [0.1, 0.15) is 65.2 Å². The number of carbonyl (C=O) groups excluding carboxylic acids is 3. The molecule has 0 aliphatic carbocycles. The Labute approximate surface area is 250 Å². The predicted octanol–water partition coefficient (Wildman–Crippen LogP) is 6.62. The molecule has 40 heavy (non-hydrogen) atoms. The lowest BCUT2D eigenvalue weighted by Crippen LogP contribution is -2.20. The highest BCUT2D eigenvalue weighted by atomic mass is 79.9. The summed E-state index contributed by atoms with van der Waals surface area (Å²) in [6.07, 6.45) is 3.37. The molecule has 3 aromatic heterocycles. The number of rotatable bonds is 7. The van der Waals surface area contributed by atoms with E-state index in [1.165, 1.54) is 11.5 Å². The minimum atomic E-state index is -0.294. The van der Waals surface area contributed by atoms with E-state index in [4.69, 9.17) is 5.73 Å². The number of benzene rings is 2. The Kier molecular flexibility index (Phi) is 11.0. The van der Waals surface area contributed by atoms with E-state index in [9.17, 15) is 14.4 Å². The minimum absolute atomic E-state index is 0.0677. The topological polar surface area (TPSA) is 135 Å². The van der Waals surface area contributed by atoms with Crippen LogP contribution in [-0.4, -0.2) is 47.0 Å². The molecule has 3 heterocycles. The summed E-state index contributed by atoms with van der Waals surface area (Å²) in [5, 5.41) is 2.72. The van der Waals surface area contributed by atoms with Crippen LogP contribution in [0.5, 0.6) is 0 Å². The molecule has 8 nitrogen and oxygen atoms in total. The number of nitrogens with zero attached hydrogens (tertiary/aromatic N) is 2. The number of aromatic nitrogens is 4. The number of nitrogens with one attached hydrogen (secondary N) is 2. The number of para-hydroxylation sites is 2. The summed E-state index contributed by atoms with van der Waals surface area (Å²) in [5.74, 6) is 1.05. The van der Waals surface area contributed by atoms with Crippen LogP contribution >= 0.6 is 39.7 Å². The number of hydrogen-bond acceptors (Lipinski definition) is 7. The van der Waals surface area contributed by atoms with Crippen LogP contribution in [0.25, 0.3) is 21.8 Å². The van der Waals surface area contributed by atoms with Crippen molar-refractivity contribution in [3.8, 4) is 0 Å². The molecule has 0 atom stereocenters. The highest BCUT2D eigenvalue weighted by Gasteiger charge is 2.19. The van der Waals surface area contributed by atoms with Crippen molar-refractivity contribution in [3.05, 3.63) is 82.9 Å². The van der Waals surface area contributed by atoms with E-state index in [-0.39, 0.29) is 34.2 Å². The van der Waals surface area contributed by atoms with Gasteiger partial charge in [0, 0.05) is 46.0 Å². The van der Waals surface area contributed by atoms with Crippen LogP contribution in [0, 0.1) is 5.92 Å². The van der Waals surface area contributed by atoms with Crippen molar-refractivity contribution in [1.29, 1.82) is 0 Å². The van der Waals surface area contributed by atoms with Crippen LogP contribution in [0.2, 0.25) is 0 Å². The molecule has 0 aliphatic heterocycles. The second-order valence-electron chi connectivity index (χ2n) is 9.39. The average molecular weight is 641 g/mol. The van der Waals surface area contributed by atoms with Gasteiger partial charge < -0.3 is 15.7 Å². The Bertz CT molecular complexity index is 1650. The van der Waals surface area contributed by atoms with Crippen molar-refractivity contribution in [1.82, 2.24) is 19.3 Å². The predicted molar refractivity (Wildman–Crippen MR) is 169 cm³/mol. The van der Waals surface area contributed by atoms with Gasteiger partial charge in [0.05, 0.1) is 16.5 Å². The molecule has 0 saturated carbocycles. The molecule has 0 amide bonds. The highest BCUT2D eigenvalue weighted by molar-refractivity contribution is 9.09. The van der Waals surface area contributed by atoms with Crippen LogP contribution in [0.15, 0.2) is 60.9 Å². The van der Waals surface area contributed by atoms with Gasteiger partial charge in [-0.1, -0.05) is 92.2 Å². The fourth-order valence-electron chi connectivity index (χ4n) is 3.48. The van der Waals surface area contributed by atoms with Gasteiger partial charge in [-0.3, -0.25) is 14.4 Å². The van der Waals surface area contributed by atoms with E-state index >= 15 is 0 Å². The van der Waals surface area contributed by atoms with Gasteiger partial charge in [0.15, 0.2) is 5.01 Å². The van der Waals surface area contributed by atoms with E-state index in [0.29, 0.717) is 21.5 Å². The smallest absolute Gasteiger partial charge is 0.225 e. The first-order valence-electron chi connectivity index (χ1n) is 12.5. The number of halogens is 1. The van der Waals surface area contributed by atoms with E-state index in [0.717, 1.165) is 27.6 Å². The molecule has 0 saturated heterocycles. The van der Waals surface area contributed by atoms with Gasteiger partial charge in [0.2, 0.25) is 11.6 Å². The fraction of sp³-hybridized carbons (Fsp3) is 0.241. The zero-order valence-electron chi connectivity index (χ0n) is 22.5.